The number of hydrogen-bond acceptors (Lipinski definition) is 4. The van der Waals surface area contributed by atoms with Crippen molar-refractivity contribution in [2.45, 2.75) is 71.2 Å². The number of hydrogen-bond donors (Lipinski definition) is 3. The summed E-state index contributed by atoms with van der Waals surface area (Å²) in [6, 6.07) is 0. The van der Waals surface area contributed by atoms with E-state index in [1.165, 1.54) is 19.3 Å². The molecule has 1 saturated carbocycles. The van der Waals surface area contributed by atoms with Crippen molar-refractivity contribution in [3.05, 3.63) is 0 Å². The van der Waals surface area contributed by atoms with Crippen molar-refractivity contribution in [1.29, 1.82) is 0 Å². The molecule has 0 radical (unpaired) electrons. The van der Waals surface area contributed by atoms with Gasteiger partial charge in [0.05, 0.1) is 24.9 Å². The van der Waals surface area contributed by atoms with Crippen LogP contribution in [0.4, 0.5) is 0 Å². The number of rotatable bonds is 9. The van der Waals surface area contributed by atoms with Crippen molar-refractivity contribution < 1.29 is 14.9 Å². The summed E-state index contributed by atoms with van der Waals surface area (Å²) in [4.78, 5) is 0. The van der Waals surface area contributed by atoms with Crippen molar-refractivity contribution >= 4 is 0 Å². The highest BCUT2D eigenvalue weighted by Gasteiger charge is 2.22. The standard InChI is InChI=1S/C16H33NO3/c1-12(2)8-14(18)9-17-10-15(19)11-20-16-7-5-4-6-13(16)3/h12-19H,4-11H2,1-3H3. The van der Waals surface area contributed by atoms with Gasteiger partial charge in [0.1, 0.15) is 0 Å². The number of aliphatic hydroxyl groups excluding tert-OH is 2. The third kappa shape index (κ3) is 7.58. The van der Waals surface area contributed by atoms with Crippen LogP contribution in [-0.4, -0.2) is 48.2 Å². The van der Waals surface area contributed by atoms with Gasteiger partial charge in [-0.15, -0.1) is 0 Å². The summed E-state index contributed by atoms with van der Waals surface area (Å²) in [5, 5.41) is 22.7. The zero-order chi connectivity index (χ0) is 15.0. The molecular weight excluding hydrogens is 254 g/mol. The smallest absolute Gasteiger partial charge is 0.0897 e. The molecule has 0 aromatic carbocycles. The summed E-state index contributed by atoms with van der Waals surface area (Å²) >= 11 is 0. The molecule has 0 bridgehead atoms. The number of nitrogens with one attached hydrogen (secondary N) is 1. The molecule has 4 nitrogen and oxygen atoms in total. The molecular formula is C16H33NO3. The molecule has 0 heterocycles. The summed E-state index contributed by atoms with van der Waals surface area (Å²) in [5.41, 5.74) is 0. The average molecular weight is 287 g/mol. The Morgan fingerprint density at radius 1 is 1.10 bits per heavy atom. The van der Waals surface area contributed by atoms with Gasteiger partial charge in [-0.2, -0.15) is 0 Å². The SMILES string of the molecule is CC(C)CC(O)CNCC(O)COC1CCCCC1C. The summed E-state index contributed by atoms with van der Waals surface area (Å²) in [5.74, 6) is 1.10. The molecule has 1 fully saturated rings. The zero-order valence-electron chi connectivity index (χ0n) is 13.3. The molecule has 0 aromatic heterocycles. The van der Waals surface area contributed by atoms with Crippen LogP contribution in [0, 0.1) is 11.8 Å². The Morgan fingerprint density at radius 2 is 1.75 bits per heavy atom. The van der Waals surface area contributed by atoms with Crippen LogP contribution >= 0.6 is 0 Å². The van der Waals surface area contributed by atoms with Crippen molar-refractivity contribution in [3.63, 3.8) is 0 Å². The third-order valence-electron chi connectivity index (χ3n) is 4.04. The van der Waals surface area contributed by atoms with Crippen LogP contribution < -0.4 is 5.32 Å². The van der Waals surface area contributed by atoms with Crippen LogP contribution in [0.15, 0.2) is 0 Å². The number of ether oxygens (including phenoxy) is 1. The first-order valence-electron chi connectivity index (χ1n) is 8.17. The second-order valence-electron chi connectivity index (χ2n) is 6.73. The predicted octanol–water partition coefficient (Wildman–Crippen LogP) is 1.94. The van der Waals surface area contributed by atoms with E-state index in [2.05, 4.69) is 26.1 Å². The summed E-state index contributed by atoms with van der Waals surface area (Å²) in [7, 11) is 0. The molecule has 1 aliphatic carbocycles. The van der Waals surface area contributed by atoms with Gasteiger partial charge in [0.2, 0.25) is 0 Å². The molecule has 4 atom stereocenters. The van der Waals surface area contributed by atoms with E-state index in [-0.39, 0.29) is 6.10 Å². The molecule has 0 spiro atoms. The fraction of sp³-hybridized carbons (Fsp3) is 1.00. The largest absolute Gasteiger partial charge is 0.392 e. The highest BCUT2D eigenvalue weighted by atomic mass is 16.5. The summed E-state index contributed by atoms with van der Waals surface area (Å²) in [6.07, 6.45) is 5.18. The fourth-order valence-electron chi connectivity index (χ4n) is 2.87. The van der Waals surface area contributed by atoms with Gasteiger partial charge >= 0.3 is 0 Å². The highest BCUT2D eigenvalue weighted by molar-refractivity contribution is 4.73. The van der Waals surface area contributed by atoms with E-state index in [0.717, 1.165) is 12.8 Å². The van der Waals surface area contributed by atoms with Crippen LogP contribution in [0.1, 0.15) is 52.9 Å². The molecule has 1 aliphatic rings. The van der Waals surface area contributed by atoms with Crippen molar-refractivity contribution in [2.75, 3.05) is 19.7 Å². The maximum Gasteiger partial charge on any atom is 0.0897 e. The maximum atomic E-state index is 9.89. The first kappa shape index (κ1) is 17.9. The lowest BCUT2D eigenvalue weighted by Crippen LogP contribution is -2.37. The molecule has 20 heavy (non-hydrogen) atoms. The average Bonchev–Trinajstić information content (AvgIpc) is 2.37. The van der Waals surface area contributed by atoms with Gasteiger partial charge in [-0.05, 0) is 31.1 Å². The van der Waals surface area contributed by atoms with Crippen molar-refractivity contribution in [2.24, 2.45) is 11.8 Å². The first-order chi connectivity index (χ1) is 9.49. The summed E-state index contributed by atoms with van der Waals surface area (Å²) < 4.78 is 5.83. The van der Waals surface area contributed by atoms with Crippen LogP contribution in [0.3, 0.4) is 0 Å². The van der Waals surface area contributed by atoms with E-state index in [9.17, 15) is 10.2 Å². The molecule has 0 aromatic rings. The lowest BCUT2D eigenvalue weighted by Gasteiger charge is -2.29. The van der Waals surface area contributed by atoms with Gasteiger partial charge < -0.3 is 20.3 Å². The minimum atomic E-state index is -0.490. The lowest BCUT2D eigenvalue weighted by molar-refractivity contribution is -0.0455. The Hall–Kier alpha value is -0.160. The van der Waals surface area contributed by atoms with E-state index < -0.39 is 6.10 Å². The lowest BCUT2D eigenvalue weighted by atomic mass is 9.88. The fourth-order valence-corrected chi connectivity index (χ4v) is 2.87. The molecule has 0 amide bonds. The van der Waals surface area contributed by atoms with E-state index in [4.69, 9.17) is 4.74 Å². The van der Waals surface area contributed by atoms with Gasteiger partial charge in [-0.25, -0.2) is 0 Å². The summed E-state index contributed by atoms with van der Waals surface area (Å²) in [6.45, 7) is 7.83. The van der Waals surface area contributed by atoms with Crippen molar-refractivity contribution in [3.8, 4) is 0 Å². The van der Waals surface area contributed by atoms with E-state index in [1.54, 1.807) is 0 Å². The minimum Gasteiger partial charge on any atom is -0.392 e. The topological polar surface area (TPSA) is 61.7 Å². The molecule has 1 rings (SSSR count). The minimum absolute atomic E-state index is 0.310. The predicted molar refractivity (Wildman–Crippen MR) is 81.7 cm³/mol. The van der Waals surface area contributed by atoms with Gasteiger partial charge in [-0.3, -0.25) is 0 Å². The van der Waals surface area contributed by atoms with Crippen LogP contribution in [0.25, 0.3) is 0 Å². The Labute approximate surface area is 123 Å². The molecule has 4 unspecified atom stereocenters. The Balaban J connectivity index is 2.06. The molecule has 4 heteroatoms. The maximum absolute atomic E-state index is 9.89. The van der Waals surface area contributed by atoms with Gasteiger partial charge in [-0.1, -0.05) is 33.6 Å². The Morgan fingerprint density at radius 3 is 2.40 bits per heavy atom. The van der Waals surface area contributed by atoms with Crippen molar-refractivity contribution in [1.82, 2.24) is 5.32 Å². The van der Waals surface area contributed by atoms with Gasteiger partial charge in [0.15, 0.2) is 0 Å². The molecule has 0 saturated heterocycles. The van der Waals surface area contributed by atoms with E-state index in [1.807, 2.05) is 0 Å². The second-order valence-corrected chi connectivity index (χ2v) is 6.73. The molecule has 0 aliphatic heterocycles. The zero-order valence-corrected chi connectivity index (χ0v) is 13.3. The highest BCUT2D eigenvalue weighted by Crippen LogP contribution is 2.26. The van der Waals surface area contributed by atoms with Crippen LogP contribution in [0.2, 0.25) is 0 Å². The Bertz CT molecular complexity index is 248. The number of aliphatic hydroxyl groups is 2. The quantitative estimate of drug-likeness (QED) is 0.606. The van der Waals surface area contributed by atoms with E-state index in [0.29, 0.717) is 37.6 Å². The molecule has 120 valence electrons. The monoisotopic (exact) mass is 287 g/mol. The van der Waals surface area contributed by atoms with Gasteiger partial charge in [0, 0.05) is 13.1 Å². The second kappa shape index (κ2) is 9.72. The Kier molecular flexibility index (Phi) is 8.69. The van der Waals surface area contributed by atoms with Crippen LogP contribution in [-0.2, 0) is 4.74 Å². The normalized spacial score (nSPS) is 26.7. The van der Waals surface area contributed by atoms with Crippen LogP contribution in [0.5, 0.6) is 0 Å². The first-order valence-corrected chi connectivity index (χ1v) is 8.17. The van der Waals surface area contributed by atoms with Gasteiger partial charge in [0.25, 0.3) is 0 Å². The van der Waals surface area contributed by atoms with E-state index >= 15 is 0 Å². The third-order valence-corrected chi connectivity index (χ3v) is 4.04. The molecule has 3 N–H and O–H groups in total.